The van der Waals surface area contributed by atoms with E-state index in [1.807, 2.05) is 0 Å². The predicted molar refractivity (Wildman–Crippen MR) is 370 cm³/mol. The molecule has 0 atom stereocenters. The summed E-state index contributed by atoms with van der Waals surface area (Å²) in [6.07, 6.45) is 0. The van der Waals surface area contributed by atoms with E-state index in [1.54, 1.807) is 0 Å². The van der Waals surface area contributed by atoms with Gasteiger partial charge in [0.05, 0.1) is 5.69 Å². The Balaban J connectivity index is 0.989. The monoisotopic (exact) mass is 1150 g/mol. The first-order valence-electron chi connectivity index (χ1n) is 30.3. The molecule has 2 aliphatic rings. The van der Waals surface area contributed by atoms with Gasteiger partial charge in [-0.05, 0) is 93.1 Å². The summed E-state index contributed by atoms with van der Waals surface area (Å²) in [6.45, 7) is 0. The zero-order valence-electron chi connectivity index (χ0n) is 48.3. The molecule has 0 fully saturated rings. The first-order valence-corrected chi connectivity index (χ1v) is 34.3. The third kappa shape index (κ3) is 8.44. The van der Waals surface area contributed by atoms with Crippen LogP contribution >= 0.6 is 0 Å². The Morgan fingerprint density at radius 1 is 0.239 bits per heavy atom. The van der Waals surface area contributed by atoms with E-state index < -0.39 is 16.1 Å². The lowest BCUT2D eigenvalue weighted by Crippen LogP contribution is -2.77. The standard InChI is InChI=1S/C82H58N4Si2/c1-8-32-58(33-9-1)65-48-30-50-69(77(65)78-67-46-22-26-54-73(67)87(61-38-14-4-15-39-61,62-40-16-5-17-41-62)74-55-27-23-47-68(74)78)81-83-80(60-36-12-3-13-37-60)84-82(85-81)70-51-31-49-66(59-34-10-2-11-35-59)79(70)86-71-52-24-28-56-75(71)88(63-42-18-6-19-43-63,64-44-20-7-21-45-64)76-57-29-25-53-72(76)86/h1-57,78H. The maximum Gasteiger partial charge on any atom is 0.184 e. The summed E-state index contributed by atoms with van der Waals surface area (Å²) in [7, 11) is -5.93. The van der Waals surface area contributed by atoms with Crippen LogP contribution in [-0.4, -0.2) is 31.1 Å². The van der Waals surface area contributed by atoms with Gasteiger partial charge in [0.2, 0.25) is 0 Å². The highest BCUT2D eigenvalue weighted by Gasteiger charge is 2.51. The van der Waals surface area contributed by atoms with Gasteiger partial charge in [-0.1, -0.05) is 328 Å². The van der Waals surface area contributed by atoms with Gasteiger partial charge in [-0.2, -0.15) is 0 Å². The normalized spacial score (nSPS) is 13.6. The molecule has 13 aromatic carbocycles. The average Bonchev–Trinajstić information content (AvgIpc) is 0.861. The van der Waals surface area contributed by atoms with E-state index in [0.29, 0.717) is 17.5 Å². The van der Waals surface area contributed by atoms with Crippen molar-refractivity contribution in [2.75, 3.05) is 4.90 Å². The van der Waals surface area contributed by atoms with Crippen molar-refractivity contribution in [2.45, 2.75) is 5.92 Å². The largest absolute Gasteiger partial charge is 0.309 e. The molecule has 0 unspecified atom stereocenters. The summed E-state index contributed by atoms with van der Waals surface area (Å²) in [6, 6.07) is 127. The number of hydrogen-bond acceptors (Lipinski definition) is 4. The van der Waals surface area contributed by atoms with Gasteiger partial charge in [-0.15, -0.1) is 0 Å². The molecule has 0 spiro atoms. The number of nitrogens with zero attached hydrogens (tertiary/aromatic N) is 4. The second-order valence-corrected chi connectivity index (χ2v) is 30.3. The van der Waals surface area contributed by atoms with Gasteiger partial charge in [0.1, 0.15) is 0 Å². The summed E-state index contributed by atoms with van der Waals surface area (Å²) in [5, 5.41) is 10.7. The molecule has 88 heavy (non-hydrogen) atoms. The fourth-order valence-corrected chi connectivity index (χ4v) is 25.1. The lowest BCUT2D eigenvalue weighted by Gasteiger charge is -2.45. The molecule has 0 radical (unpaired) electrons. The summed E-state index contributed by atoms with van der Waals surface area (Å²) in [5.41, 5.74) is 14.1. The van der Waals surface area contributed by atoms with E-state index in [2.05, 4.69) is 351 Å². The zero-order chi connectivity index (χ0) is 58.4. The van der Waals surface area contributed by atoms with Crippen LogP contribution in [0.25, 0.3) is 56.4 Å². The van der Waals surface area contributed by atoms with E-state index in [1.165, 1.54) is 52.6 Å². The smallest absolute Gasteiger partial charge is 0.184 e. The maximum atomic E-state index is 5.92. The Hall–Kier alpha value is -10.9. The summed E-state index contributed by atoms with van der Waals surface area (Å²) in [4.78, 5) is 19.8. The van der Waals surface area contributed by atoms with Crippen molar-refractivity contribution in [3.05, 3.63) is 362 Å². The van der Waals surface area contributed by atoms with E-state index in [-0.39, 0.29) is 5.92 Å². The van der Waals surface area contributed by atoms with Gasteiger partial charge in [-0.25, -0.2) is 15.0 Å². The maximum absolute atomic E-state index is 5.92. The Bertz CT molecular complexity index is 4390. The van der Waals surface area contributed by atoms with Crippen LogP contribution in [0.4, 0.5) is 17.1 Å². The third-order valence-electron chi connectivity index (χ3n) is 18.2. The molecule has 2 aliphatic heterocycles. The minimum Gasteiger partial charge on any atom is -0.309 e. The Kier molecular flexibility index (Phi) is 13.3. The highest BCUT2D eigenvalue weighted by Crippen LogP contribution is 2.49. The van der Waals surface area contributed by atoms with E-state index in [9.17, 15) is 0 Å². The van der Waals surface area contributed by atoms with Crippen molar-refractivity contribution in [3.63, 3.8) is 0 Å². The second kappa shape index (κ2) is 22.2. The Morgan fingerprint density at radius 3 is 1.02 bits per heavy atom. The first kappa shape index (κ1) is 52.6. The van der Waals surface area contributed by atoms with E-state index in [0.717, 1.165) is 61.6 Å². The minimum absolute atomic E-state index is 0.218. The van der Waals surface area contributed by atoms with Crippen molar-refractivity contribution in [1.82, 2.24) is 15.0 Å². The molecule has 6 heteroatoms. The molecule has 0 N–H and O–H groups in total. The molecule has 16 rings (SSSR count). The van der Waals surface area contributed by atoms with E-state index in [4.69, 9.17) is 15.0 Å². The SMILES string of the molecule is c1ccc(-c2nc(-c3cccc(-c4ccccc4)c3C3c4ccccc4[Si](c4ccccc4)(c4ccccc4)c4ccccc43)nc(-c3cccc(-c4ccccc4)c3N3c4ccccc4[Si](c4ccccc4)(c4ccccc4)c4ccccc43)n2)cc1. The van der Waals surface area contributed by atoms with Crippen molar-refractivity contribution < 1.29 is 0 Å². The molecular formula is C82H58N4Si2. The topological polar surface area (TPSA) is 41.9 Å². The van der Waals surface area contributed by atoms with Gasteiger partial charge >= 0.3 is 0 Å². The van der Waals surface area contributed by atoms with Crippen molar-refractivity contribution >= 4 is 74.7 Å². The zero-order valence-corrected chi connectivity index (χ0v) is 50.3. The number of benzene rings is 13. The summed E-state index contributed by atoms with van der Waals surface area (Å²) in [5.74, 6) is 1.55. The fourth-order valence-electron chi connectivity index (χ4n) is 14.7. The van der Waals surface area contributed by atoms with Gasteiger partial charge in [0, 0.05) is 39.5 Å². The average molecular weight is 1160 g/mol. The van der Waals surface area contributed by atoms with Crippen LogP contribution in [0.15, 0.2) is 346 Å². The number of aromatic nitrogens is 3. The summed E-state index contributed by atoms with van der Waals surface area (Å²) < 4.78 is 0. The number of fused-ring (bicyclic) bond motifs is 4. The first-order chi connectivity index (χ1) is 43.7. The number of rotatable bonds is 11. The van der Waals surface area contributed by atoms with Crippen LogP contribution in [0, 0.1) is 0 Å². The van der Waals surface area contributed by atoms with Crippen LogP contribution in [0.5, 0.6) is 0 Å². The Labute approximate surface area is 516 Å². The van der Waals surface area contributed by atoms with Crippen LogP contribution in [0.1, 0.15) is 22.6 Å². The third-order valence-corrected chi connectivity index (χ3v) is 28.0. The van der Waals surface area contributed by atoms with Crippen LogP contribution < -0.4 is 46.4 Å². The highest BCUT2D eigenvalue weighted by molar-refractivity contribution is 7.21. The lowest BCUT2D eigenvalue weighted by molar-refractivity contribution is 0.979. The second-order valence-electron chi connectivity index (χ2n) is 22.8. The van der Waals surface area contributed by atoms with Crippen molar-refractivity contribution in [1.29, 1.82) is 0 Å². The number of anilines is 3. The molecular weight excluding hydrogens is 1100 g/mol. The van der Waals surface area contributed by atoms with Gasteiger partial charge in [-0.3, -0.25) is 0 Å². The fraction of sp³-hybridized carbons (Fsp3) is 0.0122. The van der Waals surface area contributed by atoms with Gasteiger partial charge in [0.25, 0.3) is 0 Å². The molecule has 0 amide bonds. The molecule has 0 bridgehead atoms. The van der Waals surface area contributed by atoms with Crippen molar-refractivity contribution in [3.8, 4) is 56.4 Å². The molecule has 414 valence electrons. The van der Waals surface area contributed by atoms with Gasteiger partial charge < -0.3 is 4.90 Å². The number of hydrogen-bond donors (Lipinski definition) is 0. The lowest BCUT2D eigenvalue weighted by atomic mass is 9.78. The molecule has 1 aromatic heterocycles. The number of para-hydroxylation sites is 3. The van der Waals surface area contributed by atoms with E-state index >= 15 is 0 Å². The Morgan fingerprint density at radius 2 is 0.557 bits per heavy atom. The van der Waals surface area contributed by atoms with Crippen LogP contribution in [0.3, 0.4) is 0 Å². The minimum atomic E-state index is -2.99. The molecule has 14 aromatic rings. The molecule has 0 aliphatic carbocycles. The predicted octanol–water partition coefficient (Wildman–Crippen LogP) is 14.2. The van der Waals surface area contributed by atoms with Crippen LogP contribution in [-0.2, 0) is 0 Å². The van der Waals surface area contributed by atoms with Crippen molar-refractivity contribution in [2.24, 2.45) is 0 Å². The molecule has 3 heterocycles. The molecule has 0 saturated carbocycles. The van der Waals surface area contributed by atoms with Crippen LogP contribution in [0.2, 0.25) is 0 Å². The van der Waals surface area contributed by atoms with Gasteiger partial charge in [0.15, 0.2) is 33.6 Å². The molecule has 4 nitrogen and oxygen atoms in total. The summed E-state index contributed by atoms with van der Waals surface area (Å²) >= 11 is 0. The highest BCUT2D eigenvalue weighted by atomic mass is 28.3. The quantitative estimate of drug-likeness (QED) is 0.121. The molecule has 0 saturated heterocycles.